The standard InChI is InChI=1S/C12H16ClFN2/c13-11-1-2-12(14)10(9-11)3-6-16-7-4-15-5-8-16/h1-2,9,15H,3-8H2. The molecule has 0 aromatic heterocycles. The van der Waals surface area contributed by atoms with E-state index < -0.39 is 0 Å². The zero-order valence-corrected chi connectivity index (χ0v) is 9.93. The van der Waals surface area contributed by atoms with Crippen molar-refractivity contribution in [1.82, 2.24) is 10.2 Å². The lowest BCUT2D eigenvalue weighted by Crippen LogP contribution is -2.44. The van der Waals surface area contributed by atoms with Gasteiger partial charge in [0.1, 0.15) is 5.82 Å². The lowest BCUT2D eigenvalue weighted by molar-refractivity contribution is 0.243. The Morgan fingerprint density at radius 2 is 2.06 bits per heavy atom. The minimum atomic E-state index is -0.153. The van der Waals surface area contributed by atoms with E-state index in [0.717, 1.165) is 39.1 Å². The number of halogens is 2. The van der Waals surface area contributed by atoms with Crippen molar-refractivity contribution in [2.45, 2.75) is 6.42 Å². The third kappa shape index (κ3) is 3.17. The van der Waals surface area contributed by atoms with Gasteiger partial charge < -0.3 is 10.2 Å². The van der Waals surface area contributed by atoms with E-state index in [-0.39, 0.29) is 5.82 Å². The molecule has 1 aromatic rings. The van der Waals surface area contributed by atoms with E-state index in [1.165, 1.54) is 6.07 Å². The Labute approximate surface area is 100 Å². The van der Waals surface area contributed by atoms with Crippen LogP contribution in [0.4, 0.5) is 4.39 Å². The minimum Gasteiger partial charge on any atom is -0.314 e. The van der Waals surface area contributed by atoms with E-state index in [1.807, 2.05) is 0 Å². The Morgan fingerprint density at radius 1 is 1.31 bits per heavy atom. The highest BCUT2D eigenvalue weighted by Gasteiger charge is 2.10. The quantitative estimate of drug-likeness (QED) is 0.872. The van der Waals surface area contributed by atoms with Gasteiger partial charge in [0.2, 0.25) is 0 Å². The van der Waals surface area contributed by atoms with Crippen LogP contribution in [0.3, 0.4) is 0 Å². The average molecular weight is 243 g/mol. The molecule has 0 spiro atoms. The fourth-order valence-corrected chi connectivity index (χ4v) is 2.14. The Kier molecular flexibility index (Phi) is 4.16. The second-order valence-electron chi connectivity index (χ2n) is 4.08. The average Bonchev–Trinajstić information content (AvgIpc) is 2.32. The molecular formula is C12H16ClFN2. The van der Waals surface area contributed by atoms with Crippen molar-refractivity contribution >= 4 is 11.6 Å². The Balaban J connectivity index is 1.90. The van der Waals surface area contributed by atoms with Crippen LogP contribution in [0.1, 0.15) is 5.56 Å². The van der Waals surface area contributed by atoms with Crippen molar-refractivity contribution in [2.75, 3.05) is 32.7 Å². The smallest absolute Gasteiger partial charge is 0.126 e. The van der Waals surface area contributed by atoms with Gasteiger partial charge in [-0.1, -0.05) is 11.6 Å². The van der Waals surface area contributed by atoms with Crippen molar-refractivity contribution < 1.29 is 4.39 Å². The van der Waals surface area contributed by atoms with Crippen molar-refractivity contribution in [1.29, 1.82) is 0 Å². The van der Waals surface area contributed by atoms with Gasteiger partial charge in [-0.25, -0.2) is 4.39 Å². The summed E-state index contributed by atoms with van der Waals surface area (Å²) < 4.78 is 13.4. The predicted molar refractivity (Wildman–Crippen MR) is 64.4 cm³/mol. The first-order valence-electron chi connectivity index (χ1n) is 5.63. The van der Waals surface area contributed by atoms with Gasteiger partial charge in [0.05, 0.1) is 0 Å². The molecule has 1 saturated heterocycles. The van der Waals surface area contributed by atoms with E-state index >= 15 is 0 Å². The summed E-state index contributed by atoms with van der Waals surface area (Å²) in [5.41, 5.74) is 0.714. The molecule has 1 heterocycles. The molecule has 0 bridgehead atoms. The van der Waals surface area contributed by atoms with Crippen molar-refractivity contribution in [3.63, 3.8) is 0 Å². The normalized spacial score (nSPS) is 17.6. The molecule has 0 atom stereocenters. The van der Waals surface area contributed by atoms with Gasteiger partial charge in [0.25, 0.3) is 0 Å². The number of nitrogens with zero attached hydrogens (tertiary/aromatic N) is 1. The topological polar surface area (TPSA) is 15.3 Å². The van der Waals surface area contributed by atoms with Crippen LogP contribution < -0.4 is 5.32 Å². The van der Waals surface area contributed by atoms with Crippen molar-refractivity contribution in [3.05, 3.63) is 34.6 Å². The fourth-order valence-electron chi connectivity index (χ4n) is 1.95. The highest BCUT2D eigenvalue weighted by Crippen LogP contribution is 2.15. The molecule has 0 amide bonds. The molecule has 1 N–H and O–H groups in total. The van der Waals surface area contributed by atoms with Crippen LogP contribution in [-0.4, -0.2) is 37.6 Å². The molecule has 1 aliphatic heterocycles. The van der Waals surface area contributed by atoms with Gasteiger partial charge in [-0.15, -0.1) is 0 Å². The monoisotopic (exact) mass is 242 g/mol. The lowest BCUT2D eigenvalue weighted by atomic mass is 10.1. The van der Waals surface area contributed by atoms with Crippen molar-refractivity contribution in [3.8, 4) is 0 Å². The fraction of sp³-hybridized carbons (Fsp3) is 0.500. The largest absolute Gasteiger partial charge is 0.314 e. The molecule has 16 heavy (non-hydrogen) atoms. The maximum absolute atomic E-state index is 13.4. The molecule has 0 radical (unpaired) electrons. The predicted octanol–water partition coefficient (Wildman–Crippen LogP) is 1.93. The molecule has 0 saturated carbocycles. The maximum atomic E-state index is 13.4. The number of rotatable bonds is 3. The summed E-state index contributed by atoms with van der Waals surface area (Å²) in [5, 5.41) is 3.90. The molecule has 1 aliphatic rings. The summed E-state index contributed by atoms with van der Waals surface area (Å²) in [6.45, 7) is 5.04. The highest BCUT2D eigenvalue weighted by molar-refractivity contribution is 6.30. The van der Waals surface area contributed by atoms with Crippen LogP contribution in [0.15, 0.2) is 18.2 Å². The highest BCUT2D eigenvalue weighted by atomic mass is 35.5. The lowest BCUT2D eigenvalue weighted by Gasteiger charge is -2.27. The molecular weight excluding hydrogens is 227 g/mol. The minimum absolute atomic E-state index is 0.153. The Morgan fingerprint density at radius 3 is 2.81 bits per heavy atom. The Hall–Kier alpha value is -0.640. The zero-order valence-electron chi connectivity index (χ0n) is 9.18. The third-order valence-corrected chi connectivity index (χ3v) is 3.15. The van der Waals surface area contributed by atoms with E-state index in [9.17, 15) is 4.39 Å². The summed E-state index contributed by atoms with van der Waals surface area (Å²) in [6.07, 6.45) is 0.729. The SMILES string of the molecule is Fc1ccc(Cl)cc1CCN1CCNCC1. The summed E-state index contributed by atoms with van der Waals surface area (Å²) in [4.78, 5) is 2.34. The first-order valence-corrected chi connectivity index (χ1v) is 6.00. The van der Waals surface area contributed by atoms with Crippen LogP contribution in [0.2, 0.25) is 5.02 Å². The zero-order chi connectivity index (χ0) is 11.4. The van der Waals surface area contributed by atoms with Crippen molar-refractivity contribution in [2.24, 2.45) is 0 Å². The van der Waals surface area contributed by atoms with Gasteiger partial charge >= 0.3 is 0 Å². The molecule has 0 unspecified atom stereocenters. The molecule has 4 heteroatoms. The summed E-state index contributed by atoms with van der Waals surface area (Å²) in [5.74, 6) is -0.153. The number of hydrogen-bond donors (Lipinski definition) is 1. The van der Waals surface area contributed by atoms with Gasteiger partial charge in [-0.2, -0.15) is 0 Å². The van der Waals surface area contributed by atoms with E-state index in [2.05, 4.69) is 10.2 Å². The molecule has 1 fully saturated rings. The van der Waals surface area contributed by atoms with Crippen LogP contribution in [0.5, 0.6) is 0 Å². The molecule has 1 aromatic carbocycles. The number of hydrogen-bond acceptors (Lipinski definition) is 2. The molecule has 2 rings (SSSR count). The van der Waals surface area contributed by atoms with Crippen LogP contribution in [0.25, 0.3) is 0 Å². The second-order valence-corrected chi connectivity index (χ2v) is 4.51. The van der Waals surface area contributed by atoms with Gasteiger partial charge in [-0.05, 0) is 30.2 Å². The Bertz CT molecular complexity index is 351. The van der Waals surface area contributed by atoms with E-state index in [4.69, 9.17) is 11.6 Å². The summed E-state index contributed by atoms with van der Waals surface area (Å²) in [7, 11) is 0. The van der Waals surface area contributed by atoms with Crippen LogP contribution in [-0.2, 0) is 6.42 Å². The molecule has 88 valence electrons. The number of nitrogens with one attached hydrogen (secondary N) is 1. The summed E-state index contributed by atoms with van der Waals surface area (Å²) >= 11 is 5.85. The van der Waals surface area contributed by atoms with E-state index in [1.54, 1.807) is 12.1 Å². The third-order valence-electron chi connectivity index (χ3n) is 2.91. The number of piperazine rings is 1. The second kappa shape index (κ2) is 5.62. The maximum Gasteiger partial charge on any atom is 0.126 e. The molecule has 2 nitrogen and oxygen atoms in total. The first kappa shape index (κ1) is 11.8. The van der Waals surface area contributed by atoms with Crippen LogP contribution in [0, 0.1) is 5.82 Å². The summed E-state index contributed by atoms with van der Waals surface area (Å²) in [6, 6.07) is 4.75. The van der Waals surface area contributed by atoms with Gasteiger partial charge in [0.15, 0.2) is 0 Å². The van der Waals surface area contributed by atoms with Gasteiger partial charge in [-0.3, -0.25) is 0 Å². The molecule has 0 aliphatic carbocycles. The first-order chi connectivity index (χ1) is 7.75. The number of benzene rings is 1. The van der Waals surface area contributed by atoms with E-state index in [0.29, 0.717) is 10.6 Å². The van der Waals surface area contributed by atoms with Crippen LogP contribution >= 0.6 is 11.6 Å². The van der Waals surface area contributed by atoms with Gasteiger partial charge in [0, 0.05) is 37.7 Å².